The number of carbonyl (C=O) groups excluding carboxylic acids is 1. The second kappa shape index (κ2) is 8.30. The second-order valence-corrected chi connectivity index (χ2v) is 7.74. The van der Waals surface area contributed by atoms with Gasteiger partial charge in [-0.1, -0.05) is 6.08 Å². The molecule has 0 fully saturated rings. The van der Waals surface area contributed by atoms with Crippen molar-refractivity contribution in [3.05, 3.63) is 66.8 Å². The molecule has 6 aromatic heterocycles. The molecule has 7 rings (SSSR count). The summed E-state index contributed by atoms with van der Waals surface area (Å²) in [5.41, 5.74) is 2.10. The summed E-state index contributed by atoms with van der Waals surface area (Å²) < 4.78 is 32.8. The van der Waals surface area contributed by atoms with E-state index >= 15 is 0 Å². The summed E-state index contributed by atoms with van der Waals surface area (Å²) in [6, 6.07) is 0. The molecule has 0 radical (unpaired) electrons. The number of rotatable bonds is 0. The lowest BCUT2D eigenvalue weighted by Crippen LogP contribution is -2.23. The number of hydrogen-bond acceptors (Lipinski definition) is 13. The van der Waals surface area contributed by atoms with Gasteiger partial charge in [-0.25, -0.2) is 29.9 Å². The number of nitrogens with one attached hydrogen (secondary N) is 1. The Kier molecular flexibility index (Phi) is 4.67. The fourth-order valence-corrected chi connectivity index (χ4v) is 3.47. The van der Waals surface area contributed by atoms with Crippen molar-refractivity contribution < 1.29 is 31.3 Å². The van der Waals surface area contributed by atoms with Crippen LogP contribution in [0, 0.1) is 0 Å². The topological polar surface area (TPSA) is 185 Å². The quantitative estimate of drug-likeness (QED) is 0.318. The van der Waals surface area contributed by atoms with Gasteiger partial charge in [0.2, 0.25) is 35.3 Å². The molecule has 1 aliphatic rings. The lowest BCUT2D eigenvalue weighted by molar-refractivity contribution is 0.0942. The molecule has 12 bridgehead atoms. The lowest BCUT2D eigenvalue weighted by atomic mass is 10.3. The highest BCUT2D eigenvalue weighted by Crippen LogP contribution is 2.26. The summed E-state index contributed by atoms with van der Waals surface area (Å²) in [4.78, 5) is 38.5. The first kappa shape index (κ1) is 20.8. The van der Waals surface area contributed by atoms with Crippen molar-refractivity contribution in [1.29, 1.82) is 0 Å². The highest BCUT2D eigenvalue weighted by atomic mass is 16.4. The number of amides is 1. The predicted molar refractivity (Wildman–Crippen MR) is 119 cm³/mol. The Morgan fingerprint density at radius 1 is 0.595 bits per heavy atom. The van der Waals surface area contributed by atoms with Gasteiger partial charge in [0.25, 0.3) is 5.91 Å². The van der Waals surface area contributed by atoms with Crippen LogP contribution in [0.3, 0.4) is 0 Å². The number of allylic oxidation sites excluding steroid dienone is 1. The fourth-order valence-electron chi connectivity index (χ4n) is 3.47. The summed E-state index contributed by atoms with van der Waals surface area (Å²) in [5, 5.41) is 2.66. The Labute approximate surface area is 205 Å². The number of carbonyl (C=O) groups is 1. The first-order chi connectivity index (χ1) is 18.2. The Balaban J connectivity index is 1.23. The van der Waals surface area contributed by atoms with Gasteiger partial charge >= 0.3 is 0 Å². The van der Waals surface area contributed by atoms with Crippen LogP contribution in [0.5, 0.6) is 0 Å². The van der Waals surface area contributed by atoms with E-state index in [1.807, 2.05) is 6.08 Å². The average Bonchev–Trinajstić information content (AvgIpc) is 3.74. The first-order valence-electron chi connectivity index (χ1n) is 10.8. The van der Waals surface area contributed by atoms with E-state index in [1.165, 1.54) is 37.6 Å². The maximum atomic E-state index is 12.5. The summed E-state index contributed by atoms with van der Waals surface area (Å²) in [6.07, 6.45) is 12.2. The maximum absolute atomic E-state index is 12.5. The van der Waals surface area contributed by atoms with Gasteiger partial charge in [-0.2, -0.15) is 0 Å². The zero-order valence-electron chi connectivity index (χ0n) is 18.6. The van der Waals surface area contributed by atoms with Gasteiger partial charge in [-0.05, 0) is 6.08 Å². The predicted octanol–water partition coefficient (Wildman–Crippen LogP) is 3.78. The molecule has 1 amide bonds. The number of aromatic nitrogens is 6. The van der Waals surface area contributed by atoms with Crippen molar-refractivity contribution in [2.75, 3.05) is 0 Å². The third-order valence-corrected chi connectivity index (χ3v) is 5.23. The maximum Gasteiger partial charge on any atom is 0.273 e. The minimum absolute atomic E-state index is 0.00614. The number of hydrogen-bond donors (Lipinski definition) is 1. The van der Waals surface area contributed by atoms with Crippen LogP contribution < -0.4 is 5.32 Å². The van der Waals surface area contributed by atoms with Crippen LogP contribution in [0.4, 0.5) is 0 Å². The zero-order chi connectivity index (χ0) is 24.8. The van der Waals surface area contributed by atoms with Gasteiger partial charge in [-0.15, -0.1) is 0 Å². The van der Waals surface area contributed by atoms with Crippen LogP contribution in [0.2, 0.25) is 0 Å². The van der Waals surface area contributed by atoms with Crippen molar-refractivity contribution in [1.82, 2.24) is 35.2 Å². The molecular formula is C23H13N7O7. The Hall–Kier alpha value is -5.53. The van der Waals surface area contributed by atoms with Crippen molar-refractivity contribution in [2.45, 2.75) is 13.0 Å². The first-order valence-corrected chi connectivity index (χ1v) is 10.8. The minimum atomic E-state index is -0.501. The lowest BCUT2D eigenvalue weighted by Gasteiger charge is -1.98. The van der Waals surface area contributed by atoms with E-state index < -0.39 is 5.91 Å². The third kappa shape index (κ3) is 3.91. The molecule has 7 heterocycles. The second-order valence-electron chi connectivity index (χ2n) is 7.74. The van der Waals surface area contributed by atoms with Crippen molar-refractivity contribution >= 4 is 12.0 Å². The molecule has 1 N–H and O–H groups in total. The van der Waals surface area contributed by atoms with Crippen molar-refractivity contribution in [2.24, 2.45) is 0 Å². The van der Waals surface area contributed by atoms with E-state index in [1.54, 1.807) is 6.08 Å². The molecular weight excluding hydrogens is 486 g/mol. The largest absolute Gasteiger partial charge is 0.446 e. The third-order valence-electron chi connectivity index (χ3n) is 5.23. The molecule has 0 unspecified atom stereocenters. The zero-order valence-corrected chi connectivity index (χ0v) is 18.6. The molecule has 6 aromatic rings. The van der Waals surface area contributed by atoms with Gasteiger partial charge in [-0.3, -0.25) is 4.79 Å². The molecule has 0 aliphatic carbocycles. The SMILES string of the molecule is O=C1NCc2nc(co2)-c2nc(co2)-c2nc(co2)CC=Cc2nc(co2)-c2nc(co2)-c2nc1co2. The summed E-state index contributed by atoms with van der Waals surface area (Å²) >= 11 is 0. The molecule has 1 aliphatic heterocycles. The number of oxazole rings is 6. The van der Waals surface area contributed by atoms with Gasteiger partial charge in [0.15, 0.2) is 28.5 Å². The molecule has 0 atom stereocenters. The van der Waals surface area contributed by atoms with E-state index in [0.717, 1.165) is 0 Å². The molecule has 37 heavy (non-hydrogen) atoms. The highest BCUT2D eigenvalue weighted by molar-refractivity contribution is 5.92. The van der Waals surface area contributed by atoms with Crippen LogP contribution in [0.25, 0.3) is 52.4 Å². The van der Waals surface area contributed by atoms with Crippen LogP contribution in [0.15, 0.2) is 70.2 Å². The van der Waals surface area contributed by atoms with Gasteiger partial charge in [0, 0.05) is 6.42 Å². The van der Waals surface area contributed by atoms with Gasteiger partial charge < -0.3 is 31.8 Å². The molecule has 0 spiro atoms. The molecule has 182 valence electrons. The molecule has 14 heteroatoms. The van der Waals surface area contributed by atoms with E-state index in [0.29, 0.717) is 35.1 Å². The van der Waals surface area contributed by atoms with Crippen molar-refractivity contribution in [3.8, 4) is 46.3 Å². The van der Waals surface area contributed by atoms with Crippen LogP contribution in [-0.4, -0.2) is 35.8 Å². The molecule has 0 saturated carbocycles. The Morgan fingerprint density at radius 2 is 1.16 bits per heavy atom. The van der Waals surface area contributed by atoms with Gasteiger partial charge in [0.1, 0.15) is 37.6 Å². The van der Waals surface area contributed by atoms with Crippen molar-refractivity contribution in [3.63, 3.8) is 0 Å². The Morgan fingerprint density at radius 3 is 1.95 bits per heavy atom. The van der Waals surface area contributed by atoms with E-state index in [4.69, 9.17) is 26.5 Å². The Bertz CT molecular complexity index is 1760. The van der Waals surface area contributed by atoms with Crippen LogP contribution in [-0.2, 0) is 13.0 Å². The van der Waals surface area contributed by atoms with Crippen LogP contribution in [0.1, 0.15) is 28.0 Å². The summed E-state index contributed by atoms with van der Waals surface area (Å²) in [5.74, 6) is 0.870. The molecule has 14 nitrogen and oxygen atoms in total. The average molecular weight is 499 g/mol. The summed E-state index contributed by atoms with van der Waals surface area (Å²) in [7, 11) is 0. The smallest absolute Gasteiger partial charge is 0.273 e. The number of fused-ring (bicyclic) bond motifs is 16. The minimum Gasteiger partial charge on any atom is -0.446 e. The molecule has 0 saturated heterocycles. The van der Waals surface area contributed by atoms with Gasteiger partial charge in [0.05, 0.1) is 12.2 Å². The number of nitrogens with zero attached hydrogens (tertiary/aromatic N) is 6. The van der Waals surface area contributed by atoms with E-state index in [-0.39, 0.29) is 47.4 Å². The van der Waals surface area contributed by atoms with E-state index in [9.17, 15) is 4.79 Å². The standard InChI is InChI=1S/C23H13N7O7/c31-19-12-6-35-23(28-12)16-10-37-21(30-16)13-7-32-17(26-13)3-1-2-11-5-34-20(25-11)15-9-36-22(29-15)14-8-33-18(27-14)4-24-19/h1,3,5-10H,2,4H2,(H,24,31). The summed E-state index contributed by atoms with van der Waals surface area (Å²) in [6.45, 7) is -0.00614. The monoisotopic (exact) mass is 499 g/mol. The fraction of sp³-hybridized carbons (Fsp3) is 0.0870. The van der Waals surface area contributed by atoms with Crippen LogP contribution >= 0.6 is 0 Å². The van der Waals surface area contributed by atoms with E-state index in [2.05, 4.69) is 35.2 Å². The molecule has 0 aromatic carbocycles. The highest BCUT2D eigenvalue weighted by Gasteiger charge is 2.20. The normalized spacial score (nSPS) is 13.4.